The van der Waals surface area contributed by atoms with Crippen LogP contribution in [0.25, 0.3) is 0 Å². The van der Waals surface area contributed by atoms with Gasteiger partial charge in [-0.15, -0.1) is 6.42 Å². The fraction of sp³-hybridized carbons (Fsp3) is 0.375. The summed E-state index contributed by atoms with van der Waals surface area (Å²) in [7, 11) is 0. The van der Waals surface area contributed by atoms with Gasteiger partial charge in [-0.05, 0) is 5.92 Å². The molecule has 0 fully saturated rings. The van der Waals surface area contributed by atoms with E-state index in [9.17, 15) is 0 Å². The van der Waals surface area contributed by atoms with Crippen LogP contribution in [0.4, 0.5) is 0 Å². The first-order chi connectivity index (χ1) is 4.75. The molecule has 0 amide bonds. The highest BCUT2D eigenvalue weighted by Gasteiger charge is 2.08. The highest BCUT2D eigenvalue weighted by molar-refractivity contribution is 5.28. The van der Waals surface area contributed by atoms with Crippen molar-refractivity contribution in [2.24, 2.45) is 0 Å². The Bertz CT molecular complexity index is 254. The molecule has 0 aliphatic heterocycles. The van der Waals surface area contributed by atoms with Crippen molar-refractivity contribution in [3.8, 4) is 12.3 Å². The third-order valence-corrected chi connectivity index (χ3v) is 1.26. The summed E-state index contributed by atoms with van der Waals surface area (Å²) in [5.74, 6) is 3.56. The second kappa shape index (κ2) is 2.57. The summed E-state index contributed by atoms with van der Waals surface area (Å²) < 4.78 is 5.06. The van der Waals surface area contributed by atoms with E-state index in [1.165, 1.54) is 6.39 Å². The van der Waals surface area contributed by atoms with Crippen LogP contribution in [0.15, 0.2) is 10.8 Å². The van der Waals surface area contributed by atoms with Crippen molar-refractivity contribution in [2.75, 3.05) is 0 Å². The number of aromatic nitrogens is 1. The molecule has 0 radical (unpaired) electrons. The average molecular weight is 135 g/mol. The van der Waals surface area contributed by atoms with Crippen LogP contribution in [-0.2, 0) is 0 Å². The largest absolute Gasteiger partial charge is 0.447 e. The molecule has 10 heavy (non-hydrogen) atoms. The maximum absolute atomic E-state index is 5.16. The van der Waals surface area contributed by atoms with Crippen molar-refractivity contribution < 1.29 is 4.42 Å². The highest BCUT2D eigenvalue weighted by Crippen LogP contribution is 2.16. The first-order valence-electron chi connectivity index (χ1n) is 3.15. The molecule has 1 heterocycles. The summed E-state index contributed by atoms with van der Waals surface area (Å²) in [6.45, 7) is 4.03. The summed E-state index contributed by atoms with van der Waals surface area (Å²) in [6, 6.07) is 0. The zero-order valence-corrected chi connectivity index (χ0v) is 6.09. The molecular formula is C8H9NO. The molecule has 1 rings (SSSR count). The van der Waals surface area contributed by atoms with Gasteiger partial charge in [0.15, 0.2) is 12.1 Å². The van der Waals surface area contributed by atoms with Crippen LogP contribution in [0.3, 0.4) is 0 Å². The highest BCUT2D eigenvalue weighted by atomic mass is 16.3. The Kier molecular flexibility index (Phi) is 1.77. The molecule has 2 heteroatoms. The summed E-state index contributed by atoms with van der Waals surface area (Å²) in [4.78, 5) is 3.85. The van der Waals surface area contributed by atoms with Crippen LogP contribution in [0, 0.1) is 12.3 Å². The number of nitrogens with zero attached hydrogens (tertiary/aromatic N) is 1. The molecule has 0 bridgehead atoms. The van der Waals surface area contributed by atoms with Gasteiger partial charge in [0.25, 0.3) is 0 Å². The summed E-state index contributed by atoms with van der Waals surface area (Å²) in [5, 5.41) is 0. The van der Waals surface area contributed by atoms with Crippen LogP contribution in [-0.4, -0.2) is 4.98 Å². The second-order valence-corrected chi connectivity index (χ2v) is 2.36. The smallest absolute Gasteiger partial charge is 0.182 e. The van der Waals surface area contributed by atoms with Crippen LogP contribution in [0.1, 0.15) is 31.2 Å². The second-order valence-electron chi connectivity index (χ2n) is 2.36. The summed E-state index contributed by atoms with van der Waals surface area (Å²) in [5.41, 5.74) is 0.620. The number of rotatable bonds is 1. The molecule has 0 unspecified atom stereocenters. The molecule has 1 aromatic heterocycles. The lowest BCUT2D eigenvalue weighted by Crippen LogP contribution is -1.87. The molecule has 2 nitrogen and oxygen atoms in total. The van der Waals surface area contributed by atoms with Gasteiger partial charge in [0.2, 0.25) is 0 Å². The van der Waals surface area contributed by atoms with Gasteiger partial charge in [0, 0.05) is 5.92 Å². The van der Waals surface area contributed by atoms with Crippen molar-refractivity contribution in [3.05, 3.63) is 17.8 Å². The molecule has 0 aliphatic carbocycles. The van der Waals surface area contributed by atoms with E-state index >= 15 is 0 Å². The zero-order chi connectivity index (χ0) is 7.56. The normalized spacial score (nSPS) is 9.80. The van der Waals surface area contributed by atoms with Gasteiger partial charge in [0.05, 0.1) is 0 Å². The van der Waals surface area contributed by atoms with Crippen molar-refractivity contribution in [1.29, 1.82) is 0 Å². The minimum absolute atomic E-state index is 0.313. The maximum atomic E-state index is 5.16. The van der Waals surface area contributed by atoms with E-state index in [1.54, 1.807) is 0 Å². The first-order valence-corrected chi connectivity index (χ1v) is 3.15. The number of terminal acetylenes is 1. The maximum Gasteiger partial charge on any atom is 0.182 e. The Morgan fingerprint density at radius 3 is 2.80 bits per heavy atom. The SMILES string of the molecule is C#Cc1ncoc1C(C)C. The van der Waals surface area contributed by atoms with E-state index in [1.807, 2.05) is 13.8 Å². The van der Waals surface area contributed by atoms with E-state index < -0.39 is 0 Å². The van der Waals surface area contributed by atoms with Gasteiger partial charge < -0.3 is 4.42 Å². The number of oxazole rings is 1. The molecule has 0 atom stereocenters. The third-order valence-electron chi connectivity index (χ3n) is 1.26. The Labute approximate surface area is 60.3 Å². The minimum Gasteiger partial charge on any atom is -0.447 e. The lowest BCUT2D eigenvalue weighted by molar-refractivity contribution is 0.481. The minimum atomic E-state index is 0.313. The summed E-state index contributed by atoms with van der Waals surface area (Å²) >= 11 is 0. The van der Waals surface area contributed by atoms with Gasteiger partial charge >= 0.3 is 0 Å². The quantitative estimate of drug-likeness (QED) is 0.548. The fourth-order valence-corrected chi connectivity index (χ4v) is 0.773. The lowest BCUT2D eigenvalue weighted by Gasteiger charge is -1.96. The number of hydrogen-bond acceptors (Lipinski definition) is 2. The van der Waals surface area contributed by atoms with Crippen molar-refractivity contribution in [1.82, 2.24) is 4.98 Å². The van der Waals surface area contributed by atoms with E-state index in [-0.39, 0.29) is 0 Å². The Hall–Kier alpha value is -1.23. The van der Waals surface area contributed by atoms with E-state index in [4.69, 9.17) is 10.8 Å². The van der Waals surface area contributed by atoms with Crippen LogP contribution in [0.2, 0.25) is 0 Å². The van der Waals surface area contributed by atoms with Gasteiger partial charge in [-0.3, -0.25) is 0 Å². The van der Waals surface area contributed by atoms with Crippen molar-refractivity contribution >= 4 is 0 Å². The van der Waals surface area contributed by atoms with E-state index in [0.717, 1.165) is 5.76 Å². The average Bonchev–Trinajstić information content (AvgIpc) is 2.33. The Morgan fingerprint density at radius 2 is 2.40 bits per heavy atom. The van der Waals surface area contributed by atoms with Crippen LogP contribution in [0.5, 0.6) is 0 Å². The molecule has 0 saturated carbocycles. The molecule has 0 spiro atoms. The van der Waals surface area contributed by atoms with Crippen molar-refractivity contribution in [2.45, 2.75) is 19.8 Å². The standard InChI is InChI=1S/C8H9NO/c1-4-7-8(6(2)3)10-5-9-7/h1,5-6H,2-3H3. The Balaban J connectivity index is 3.05. The molecule has 1 aromatic rings. The number of hydrogen-bond donors (Lipinski definition) is 0. The third kappa shape index (κ3) is 1.03. The fourth-order valence-electron chi connectivity index (χ4n) is 0.773. The summed E-state index contributed by atoms with van der Waals surface area (Å²) in [6.07, 6.45) is 6.54. The molecule has 0 saturated heterocycles. The van der Waals surface area contributed by atoms with Gasteiger partial charge in [-0.1, -0.05) is 13.8 Å². The topological polar surface area (TPSA) is 26.0 Å². The van der Waals surface area contributed by atoms with Crippen molar-refractivity contribution in [3.63, 3.8) is 0 Å². The van der Waals surface area contributed by atoms with E-state index in [2.05, 4.69) is 10.9 Å². The lowest BCUT2D eigenvalue weighted by atomic mass is 10.1. The van der Waals surface area contributed by atoms with E-state index in [0.29, 0.717) is 11.6 Å². The van der Waals surface area contributed by atoms with Crippen LogP contribution < -0.4 is 0 Å². The molecule has 0 N–H and O–H groups in total. The predicted molar refractivity (Wildman–Crippen MR) is 38.5 cm³/mol. The predicted octanol–water partition coefficient (Wildman–Crippen LogP) is 1.78. The van der Waals surface area contributed by atoms with Gasteiger partial charge in [-0.2, -0.15) is 0 Å². The Morgan fingerprint density at radius 1 is 1.70 bits per heavy atom. The molecule has 0 aliphatic rings. The molecule has 52 valence electrons. The first kappa shape index (κ1) is 6.88. The zero-order valence-electron chi connectivity index (χ0n) is 6.09. The van der Waals surface area contributed by atoms with Gasteiger partial charge in [0.1, 0.15) is 5.76 Å². The monoisotopic (exact) mass is 135 g/mol. The molecule has 0 aromatic carbocycles. The molecular weight excluding hydrogens is 126 g/mol. The van der Waals surface area contributed by atoms with Gasteiger partial charge in [-0.25, -0.2) is 4.98 Å². The van der Waals surface area contributed by atoms with Crippen LogP contribution >= 0.6 is 0 Å².